The SMILES string of the molecule is C=CC.C=CC.OCC(CO)(CO)CO. The van der Waals surface area contributed by atoms with E-state index in [0.29, 0.717) is 0 Å². The lowest BCUT2D eigenvalue weighted by molar-refractivity contribution is -0.0328. The second-order valence-electron chi connectivity index (χ2n) is 2.95. The Bertz CT molecular complexity index is 107. The molecule has 4 N–H and O–H groups in total. The predicted octanol–water partition coefficient (Wildman–Crippen LogP) is 0.327. The molecule has 0 heterocycles. The van der Waals surface area contributed by atoms with Gasteiger partial charge in [-0.25, -0.2) is 0 Å². The molecule has 0 aliphatic rings. The third-order valence-electron chi connectivity index (χ3n) is 1.34. The maximum atomic E-state index is 8.50. The van der Waals surface area contributed by atoms with E-state index in [1.807, 2.05) is 13.8 Å². The van der Waals surface area contributed by atoms with Crippen LogP contribution < -0.4 is 0 Å². The first-order valence-electron chi connectivity index (χ1n) is 4.65. The normalized spacial score (nSPS) is 8.93. The molecule has 4 heteroatoms. The summed E-state index contributed by atoms with van der Waals surface area (Å²) in [6.45, 7) is 8.88. The second-order valence-corrected chi connectivity index (χ2v) is 2.95. The van der Waals surface area contributed by atoms with Gasteiger partial charge >= 0.3 is 0 Å². The third kappa shape index (κ3) is 13.3. The van der Waals surface area contributed by atoms with E-state index in [9.17, 15) is 0 Å². The smallest absolute Gasteiger partial charge is 0.0627 e. The molecule has 0 radical (unpaired) electrons. The summed E-state index contributed by atoms with van der Waals surface area (Å²) in [6, 6.07) is 0. The van der Waals surface area contributed by atoms with Crippen LogP contribution in [0.5, 0.6) is 0 Å². The van der Waals surface area contributed by atoms with Crippen molar-refractivity contribution in [2.75, 3.05) is 26.4 Å². The lowest BCUT2D eigenvalue weighted by Gasteiger charge is -2.23. The van der Waals surface area contributed by atoms with Gasteiger partial charge in [0.05, 0.1) is 31.8 Å². The zero-order chi connectivity index (χ0) is 12.7. The minimum Gasteiger partial charge on any atom is -0.396 e. The molecule has 0 aromatic carbocycles. The molecule has 0 aromatic heterocycles. The number of hydrogen-bond donors (Lipinski definition) is 4. The summed E-state index contributed by atoms with van der Waals surface area (Å²) in [7, 11) is 0. The van der Waals surface area contributed by atoms with E-state index in [1.165, 1.54) is 0 Å². The Morgan fingerprint density at radius 1 is 0.800 bits per heavy atom. The summed E-state index contributed by atoms with van der Waals surface area (Å²) in [5.41, 5.74) is -1.11. The fraction of sp³-hybridized carbons (Fsp3) is 0.636. The van der Waals surface area contributed by atoms with Gasteiger partial charge in [0.2, 0.25) is 0 Å². The summed E-state index contributed by atoms with van der Waals surface area (Å²) in [5.74, 6) is 0. The Morgan fingerprint density at radius 3 is 0.933 bits per heavy atom. The van der Waals surface area contributed by atoms with E-state index in [1.54, 1.807) is 12.2 Å². The second kappa shape index (κ2) is 15.8. The number of hydrogen-bond acceptors (Lipinski definition) is 4. The molecule has 0 saturated heterocycles. The molecule has 0 aromatic rings. The van der Waals surface area contributed by atoms with Crippen LogP contribution in [0, 0.1) is 5.41 Å². The molecule has 15 heavy (non-hydrogen) atoms. The molecule has 0 atom stereocenters. The molecule has 0 bridgehead atoms. The van der Waals surface area contributed by atoms with Crippen molar-refractivity contribution < 1.29 is 20.4 Å². The van der Waals surface area contributed by atoms with Crippen LogP contribution in [-0.2, 0) is 0 Å². The lowest BCUT2D eigenvalue weighted by atomic mass is 9.93. The van der Waals surface area contributed by atoms with Crippen molar-refractivity contribution in [2.24, 2.45) is 5.41 Å². The van der Waals surface area contributed by atoms with Crippen LogP contribution in [0.25, 0.3) is 0 Å². The molecule has 0 rings (SSSR count). The van der Waals surface area contributed by atoms with Gasteiger partial charge < -0.3 is 20.4 Å². The van der Waals surface area contributed by atoms with Crippen molar-refractivity contribution >= 4 is 0 Å². The van der Waals surface area contributed by atoms with Gasteiger partial charge in [-0.15, -0.1) is 13.2 Å². The van der Waals surface area contributed by atoms with Gasteiger partial charge in [-0.05, 0) is 13.8 Å². The molecular formula is C11H24O4. The van der Waals surface area contributed by atoms with Crippen LogP contribution >= 0.6 is 0 Å². The maximum absolute atomic E-state index is 8.50. The molecule has 0 unspecified atom stereocenters. The van der Waals surface area contributed by atoms with Crippen molar-refractivity contribution in [3.8, 4) is 0 Å². The molecule has 92 valence electrons. The number of allylic oxidation sites excluding steroid dienone is 2. The van der Waals surface area contributed by atoms with Crippen LogP contribution in [0.1, 0.15) is 13.8 Å². The molecule has 0 spiro atoms. The van der Waals surface area contributed by atoms with Gasteiger partial charge in [-0.3, -0.25) is 0 Å². The third-order valence-corrected chi connectivity index (χ3v) is 1.34. The Balaban J connectivity index is -0.000000200. The van der Waals surface area contributed by atoms with E-state index >= 15 is 0 Å². The van der Waals surface area contributed by atoms with Gasteiger partial charge in [0, 0.05) is 0 Å². The number of aliphatic hydroxyl groups excluding tert-OH is 4. The Kier molecular flexibility index (Phi) is 20.9. The highest BCUT2D eigenvalue weighted by Crippen LogP contribution is 2.11. The monoisotopic (exact) mass is 220 g/mol. The van der Waals surface area contributed by atoms with Crippen molar-refractivity contribution in [3.63, 3.8) is 0 Å². The van der Waals surface area contributed by atoms with Gasteiger partial charge in [-0.1, -0.05) is 12.2 Å². The van der Waals surface area contributed by atoms with Crippen LogP contribution in [0.4, 0.5) is 0 Å². The van der Waals surface area contributed by atoms with E-state index in [2.05, 4.69) is 13.2 Å². The van der Waals surface area contributed by atoms with Crippen LogP contribution in [0.3, 0.4) is 0 Å². The van der Waals surface area contributed by atoms with E-state index in [4.69, 9.17) is 20.4 Å². The standard InChI is InChI=1S/C5H12O4.2C3H6/c6-1-5(2-7,3-8)4-9;2*1-3-2/h6-9H,1-4H2;2*3H,1H2,2H3. The van der Waals surface area contributed by atoms with Crippen molar-refractivity contribution in [1.29, 1.82) is 0 Å². The van der Waals surface area contributed by atoms with Crippen LogP contribution in [-0.4, -0.2) is 46.9 Å². The zero-order valence-electron chi connectivity index (χ0n) is 9.69. The van der Waals surface area contributed by atoms with E-state index in [-0.39, 0.29) is 0 Å². The summed E-state index contributed by atoms with van der Waals surface area (Å²) in [4.78, 5) is 0. The Hall–Kier alpha value is -0.680. The first-order valence-corrected chi connectivity index (χ1v) is 4.65. The van der Waals surface area contributed by atoms with Crippen molar-refractivity contribution in [1.82, 2.24) is 0 Å². The van der Waals surface area contributed by atoms with Crippen LogP contribution in [0.2, 0.25) is 0 Å². The molecule has 0 amide bonds. The van der Waals surface area contributed by atoms with Gasteiger partial charge in [0.15, 0.2) is 0 Å². The molecule has 0 aliphatic carbocycles. The van der Waals surface area contributed by atoms with E-state index in [0.717, 1.165) is 0 Å². The summed E-state index contributed by atoms with van der Waals surface area (Å²) in [6.07, 6.45) is 3.50. The molecular weight excluding hydrogens is 196 g/mol. The molecule has 0 fully saturated rings. The lowest BCUT2D eigenvalue weighted by Crippen LogP contribution is -2.37. The number of aliphatic hydroxyl groups is 4. The average Bonchev–Trinajstić information content (AvgIpc) is 2.24. The number of rotatable bonds is 4. The molecule has 4 nitrogen and oxygen atoms in total. The minimum absolute atomic E-state index is 0.406. The summed E-state index contributed by atoms with van der Waals surface area (Å²) < 4.78 is 0. The van der Waals surface area contributed by atoms with Gasteiger partial charge in [-0.2, -0.15) is 0 Å². The van der Waals surface area contributed by atoms with Crippen molar-refractivity contribution in [2.45, 2.75) is 13.8 Å². The average molecular weight is 220 g/mol. The van der Waals surface area contributed by atoms with Gasteiger partial charge in [0.25, 0.3) is 0 Å². The fourth-order valence-corrected chi connectivity index (χ4v) is 0.300. The molecule has 0 saturated carbocycles. The summed E-state index contributed by atoms with van der Waals surface area (Å²) >= 11 is 0. The highest BCUT2D eigenvalue weighted by Gasteiger charge is 2.26. The topological polar surface area (TPSA) is 80.9 Å². The highest BCUT2D eigenvalue weighted by atomic mass is 16.3. The van der Waals surface area contributed by atoms with Crippen LogP contribution in [0.15, 0.2) is 25.3 Å². The van der Waals surface area contributed by atoms with E-state index < -0.39 is 31.8 Å². The maximum Gasteiger partial charge on any atom is 0.0627 e. The quantitative estimate of drug-likeness (QED) is 0.515. The first-order chi connectivity index (χ1) is 7.07. The molecule has 0 aliphatic heterocycles. The Labute approximate surface area is 92.2 Å². The Morgan fingerprint density at radius 2 is 0.933 bits per heavy atom. The fourth-order valence-electron chi connectivity index (χ4n) is 0.300. The van der Waals surface area contributed by atoms with Gasteiger partial charge in [0.1, 0.15) is 0 Å². The predicted molar refractivity (Wildman–Crippen MR) is 62.5 cm³/mol. The highest BCUT2D eigenvalue weighted by molar-refractivity contribution is 4.74. The first kappa shape index (κ1) is 19.8. The zero-order valence-corrected chi connectivity index (χ0v) is 9.69. The minimum atomic E-state index is -1.11. The van der Waals surface area contributed by atoms with Crippen molar-refractivity contribution in [3.05, 3.63) is 25.3 Å². The largest absolute Gasteiger partial charge is 0.396 e. The summed E-state index contributed by atoms with van der Waals surface area (Å²) in [5, 5.41) is 34.0.